The van der Waals surface area contributed by atoms with Crippen LogP contribution < -0.4 is 5.32 Å². The Morgan fingerprint density at radius 2 is 2.17 bits per heavy atom. The zero-order chi connectivity index (χ0) is 8.60. The summed E-state index contributed by atoms with van der Waals surface area (Å²) >= 11 is 0. The zero-order valence-electron chi connectivity index (χ0n) is 7.71. The molecule has 1 heterocycles. The Hall–Kier alpha value is -0.120. The first kappa shape index (κ1) is 8.48. The van der Waals surface area contributed by atoms with E-state index < -0.39 is 0 Å². The number of aliphatic hydroxyl groups is 1. The largest absolute Gasteiger partial charge is 0.381 e. The third kappa shape index (κ3) is 1.26. The van der Waals surface area contributed by atoms with Crippen LogP contribution in [0.15, 0.2) is 0 Å². The van der Waals surface area contributed by atoms with Gasteiger partial charge in [-0.05, 0) is 24.8 Å². The van der Waals surface area contributed by atoms with Gasteiger partial charge in [-0.25, -0.2) is 0 Å². The molecule has 0 unspecified atom stereocenters. The topological polar surface area (TPSA) is 35.5 Å². The maximum absolute atomic E-state index is 8.64. The van der Waals surface area contributed by atoms with Crippen LogP contribution in [0.2, 0.25) is 0 Å². The van der Waals surface area contributed by atoms with Crippen molar-refractivity contribution in [2.24, 2.45) is 5.41 Å². The fourth-order valence-electron chi connectivity index (χ4n) is 2.64. The molecule has 0 aromatic carbocycles. The predicted octanol–water partition coefficient (Wildman–Crippen LogP) is 0.0101. The highest BCUT2D eigenvalue weighted by atomic mass is 16.3. The van der Waals surface area contributed by atoms with Crippen molar-refractivity contribution >= 4 is 0 Å². The van der Waals surface area contributed by atoms with Gasteiger partial charge in [0.2, 0.25) is 0 Å². The molecule has 0 amide bonds. The van der Waals surface area contributed by atoms with Gasteiger partial charge in [-0.1, -0.05) is 6.92 Å². The van der Waals surface area contributed by atoms with E-state index in [1.165, 1.54) is 32.5 Å². The van der Waals surface area contributed by atoms with Crippen LogP contribution in [0.1, 0.15) is 19.8 Å². The first-order valence-corrected chi connectivity index (χ1v) is 4.84. The van der Waals surface area contributed by atoms with E-state index in [1.54, 1.807) is 0 Å². The molecule has 0 radical (unpaired) electrons. The van der Waals surface area contributed by atoms with Crippen molar-refractivity contribution in [3.63, 3.8) is 0 Å². The molecular formula is C9H18N2O. The molecule has 1 aliphatic carbocycles. The Kier molecular flexibility index (Phi) is 2.10. The van der Waals surface area contributed by atoms with Crippen LogP contribution in [0.3, 0.4) is 0 Å². The number of aliphatic hydroxyl groups excluding tert-OH is 1. The van der Waals surface area contributed by atoms with Crippen LogP contribution in [0.4, 0.5) is 0 Å². The van der Waals surface area contributed by atoms with Crippen LogP contribution in [0.25, 0.3) is 0 Å². The van der Waals surface area contributed by atoms with Gasteiger partial charge in [0.25, 0.3) is 0 Å². The van der Waals surface area contributed by atoms with Gasteiger partial charge in [0.1, 0.15) is 0 Å². The lowest BCUT2D eigenvalue weighted by molar-refractivity contribution is -0.0793. The molecule has 3 heteroatoms. The summed E-state index contributed by atoms with van der Waals surface area (Å²) in [6.07, 6.45) is 2.54. The van der Waals surface area contributed by atoms with Crippen LogP contribution in [-0.4, -0.2) is 42.4 Å². The second-order valence-corrected chi connectivity index (χ2v) is 4.27. The minimum atomic E-state index is 0.137. The molecule has 0 aromatic heterocycles. The van der Waals surface area contributed by atoms with E-state index in [9.17, 15) is 0 Å². The number of rotatable bonds is 3. The van der Waals surface area contributed by atoms with Gasteiger partial charge in [0.05, 0.1) is 6.73 Å². The second kappa shape index (κ2) is 2.98. The maximum Gasteiger partial charge on any atom is 0.0933 e. The minimum absolute atomic E-state index is 0.137. The summed E-state index contributed by atoms with van der Waals surface area (Å²) in [6.45, 7) is 6.12. The molecule has 2 aliphatic rings. The van der Waals surface area contributed by atoms with Gasteiger partial charge in [-0.3, -0.25) is 5.32 Å². The lowest BCUT2D eigenvalue weighted by Gasteiger charge is -2.59. The summed E-state index contributed by atoms with van der Waals surface area (Å²) in [5, 5.41) is 11.7. The second-order valence-electron chi connectivity index (χ2n) is 4.27. The highest BCUT2D eigenvalue weighted by molar-refractivity contribution is 5.06. The number of likely N-dealkylation sites (tertiary alicyclic amines) is 1. The standard InChI is InChI=1S/C9H18N2O/c1-2-11-5-9(6-11)3-8(4-9)10-7-12/h8,10,12H,2-7H2,1H3. The quantitative estimate of drug-likeness (QED) is 0.586. The van der Waals surface area contributed by atoms with E-state index in [4.69, 9.17) is 5.11 Å². The summed E-state index contributed by atoms with van der Waals surface area (Å²) in [7, 11) is 0. The minimum Gasteiger partial charge on any atom is -0.381 e. The molecule has 1 aliphatic heterocycles. The highest BCUT2D eigenvalue weighted by Crippen LogP contribution is 2.47. The summed E-state index contributed by atoms with van der Waals surface area (Å²) in [5.74, 6) is 0. The lowest BCUT2D eigenvalue weighted by atomic mass is 9.61. The molecule has 2 rings (SSSR count). The van der Waals surface area contributed by atoms with E-state index in [-0.39, 0.29) is 6.73 Å². The highest BCUT2D eigenvalue weighted by Gasteiger charge is 2.51. The Labute approximate surface area is 73.8 Å². The Balaban J connectivity index is 1.69. The van der Waals surface area contributed by atoms with Crippen molar-refractivity contribution in [3.8, 4) is 0 Å². The zero-order valence-corrected chi connectivity index (χ0v) is 7.71. The molecule has 2 N–H and O–H groups in total. The SMILES string of the molecule is CCN1CC2(CC(NCO)C2)C1. The normalized spacial score (nSPS) is 28.5. The maximum atomic E-state index is 8.64. The van der Waals surface area contributed by atoms with E-state index in [1.807, 2.05) is 0 Å². The molecule has 3 nitrogen and oxygen atoms in total. The van der Waals surface area contributed by atoms with Crippen molar-refractivity contribution < 1.29 is 5.11 Å². The third-order valence-electron chi connectivity index (χ3n) is 3.30. The van der Waals surface area contributed by atoms with Crippen LogP contribution in [0.5, 0.6) is 0 Å². The summed E-state index contributed by atoms with van der Waals surface area (Å²) in [5.41, 5.74) is 0.642. The van der Waals surface area contributed by atoms with Gasteiger partial charge in [0, 0.05) is 19.1 Å². The Morgan fingerprint density at radius 1 is 1.50 bits per heavy atom. The summed E-state index contributed by atoms with van der Waals surface area (Å²) in [4.78, 5) is 2.48. The van der Waals surface area contributed by atoms with Gasteiger partial charge in [-0.15, -0.1) is 0 Å². The molecule has 12 heavy (non-hydrogen) atoms. The molecule has 0 bridgehead atoms. The number of hydrogen-bond acceptors (Lipinski definition) is 3. The van der Waals surface area contributed by atoms with Crippen molar-refractivity contribution in [2.45, 2.75) is 25.8 Å². The number of nitrogens with one attached hydrogen (secondary N) is 1. The molecule has 0 atom stereocenters. The molecule has 1 spiro atoms. The monoisotopic (exact) mass is 170 g/mol. The molecule has 2 fully saturated rings. The average Bonchev–Trinajstić information content (AvgIpc) is 1.91. The molecule has 0 aromatic rings. The molecule has 1 saturated heterocycles. The molecule has 1 saturated carbocycles. The van der Waals surface area contributed by atoms with Crippen molar-refractivity contribution in [3.05, 3.63) is 0 Å². The predicted molar refractivity (Wildman–Crippen MR) is 47.8 cm³/mol. The van der Waals surface area contributed by atoms with Crippen LogP contribution in [-0.2, 0) is 0 Å². The van der Waals surface area contributed by atoms with Gasteiger partial charge in [-0.2, -0.15) is 0 Å². The van der Waals surface area contributed by atoms with Gasteiger partial charge >= 0.3 is 0 Å². The van der Waals surface area contributed by atoms with Crippen molar-refractivity contribution in [1.29, 1.82) is 0 Å². The van der Waals surface area contributed by atoms with E-state index in [0.29, 0.717) is 11.5 Å². The average molecular weight is 170 g/mol. The van der Waals surface area contributed by atoms with Crippen LogP contribution in [0, 0.1) is 5.41 Å². The smallest absolute Gasteiger partial charge is 0.0933 e. The van der Waals surface area contributed by atoms with Gasteiger partial charge < -0.3 is 10.0 Å². The van der Waals surface area contributed by atoms with E-state index in [2.05, 4.69) is 17.1 Å². The summed E-state index contributed by atoms with van der Waals surface area (Å²) < 4.78 is 0. The van der Waals surface area contributed by atoms with Crippen molar-refractivity contribution in [2.75, 3.05) is 26.4 Å². The summed E-state index contributed by atoms with van der Waals surface area (Å²) in [6, 6.07) is 0.592. The molecular weight excluding hydrogens is 152 g/mol. The van der Waals surface area contributed by atoms with Crippen molar-refractivity contribution in [1.82, 2.24) is 10.2 Å². The number of nitrogens with zero attached hydrogens (tertiary/aromatic N) is 1. The van der Waals surface area contributed by atoms with E-state index in [0.717, 1.165) is 0 Å². The first-order chi connectivity index (χ1) is 5.78. The molecule has 70 valence electrons. The fourth-order valence-corrected chi connectivity index (χ4v) is 2.64. The third-order valence-corrected chi connectivity index (χ3v) is 3.30. The Morgan fingerprint density at radius 3 is 2.67 bits per heavy atom. The van der Waals surface area contributed by atoms with E-state index >= 15 is 0 Å². The Bertz CT molecular complexity index is 158. The first-order valence-electron chi connectivity index (χ1n) is 4.84. The van der Waals surface area contributed by atoms with Gasteiger partial charge in [0.15, 0.2) is 0 Å². The van der Waals surface area contributed by atoms with Crippen LogP contribution >= 0.6 is 0 Å². The fraction of sp³-hybridized carbons (Fsp3) is 1.00. The number of hydrogen-bond donors (Lipinski definition) is 2. The lowest BCUT2D eigenvalue weighted by Crippen LogP contribution is -2.65.